The number of piperidine rings is 1. The fourth-order valence-electron chi connectivity index (χ4n) is 2.53. The molecule has 1 aromatic heterocycles. The summed E-state index contributed by atoms with van der Waals surface area (Å²) in [4.78, 5) is 16.0. The van der Waals surface area contributed by atoms with E-state index >= 15 is 0 Å². The average molecular weight is 261 g/mol. The van der Waals surface area contributed by atoms with E-state index in [9.17, 15) is 4.79 Å². The van der Waals surface area contributed by atoms with E-state index in [2.05, 4.69) is 15.6 Å². The summed E-state index contributed by atoms with van der Waals surface area (Å²) in [6.07, 6.45) is 7.64. The van der Waals surface area contributed by atoms with Crippen LogP contribution in [0.2, 0.25) is 0 Å². The van der Waals surface area contributed by atoms with E-state index in [1.54, 1.807) is 12.4 Å². The molecular weight excluding hydrogens is 238 g/mol. The molecule has 0 radical (unpaired) electrons. The highest BCUT2D eigenvalue weighted by molar-refractivity contribution is 5.76. The van der Waals surface area contributed by atoms with Gasteiger partial charge in [-0.25, -0.2) is 0 Å². The first-order valence-corrected chi connectivity index (χ1v) is 7.15. The van der Waals surface area contributed by atoms with E-state index < -0.39 is 0 Å². The van der Waals surface area contributed by atoms with Crippen molar-refractivity contribution in [3.8, 4) is 0 Å². The van der Waals surface area contributed by atoms with Gasteiger partial charge in [0.05, 0.1) is 6.04 Å². The molecule has 4 heteroatoms. The smallest absolute Gasteiger partial charge is 0.220 e. The Labute approximate surface area is 115 Å². The van der Waals surface area contributed by atoms with Gasteiger partial charge in [0.15, 0.2) is 0 Å². The third-order valence-electron chi connectivity index (χ3n) is 3.74. The molecule has 104 valence electrons. The minimum atomic E-state index is 0.0330. The van der Waals surface area contributed by atoms with Crippen LogP contribution in [-0.4, -0.2) is 24.0 Å². The van der Waals surface area contributed by atoms with Crippen LogP contribution >= 0.6 is 0 Å². The third-order valence-corrected chi connectivity index (χ3v) is 3.74. The van der Waals surface area contributed by atoms with E-state index in [1.807, 2.05) is 19.1 Å². The van der Waals surface area contributed by atoms with Crippen molar-refractivity contribution < 1.29 is 4.79 Å². The Morgan fingerprint density at radius 3 is 3.21 bits per heavy atom. The number of nitrogens with one attached hydrogen (secondary N) is 2. The highest BCUT2D eigenvalue weighted by Crippen LogP contribution is 2.16. The number of hydrogen-bond donors (Lipinski definition) is 2. The lowest BCUT2D eigenvalue weighted by Gasteiger charge is -2.22. The molecule has 4 nitrogen and oxygen atoms in total. The van der Waals surface area contributed by atoms with E-state index in [4.69, 9.17) is 0 Å². The van der Waals surface area contributed by atoms with Gasteiger partial charge >= 0.3 is 0 Å². The molecule has 1 unspecified atom stereocenters. The number of pyridine rings is 1. The van der Waals surface area contributed by atoms with Gasteiger partial charge in [0.2, 0.25) is 5.91 Å². The van der Waals surface area contributed by atoms with E-state index in [-0.39, 0.29) is 11.9 Å². The zero-order valence-electron chi connectivity index (χ0n) is 11.6. The molecule has 1 saturated heterocycles. The summed E-state index contributed by atoms with van der Waals surface area (Å²) >= 11 is 0. The molecule has 0 spiro atoms. The molecule has 1 fully saturated rings. The average Bonchev–Trinajstić information content (AvgIpc) is 2.47. The number of rotatable bonds is 5. The molecule has 2 N–H and O–H groups in total. The van der Waals surface area contributed by atoms with Crippen LogP contribution < -0.4 is 10.6 Å². The molecule has 19 heavy (non-hydrogen) atoms. The number of carbonyl (C=O) groups excluding carboxylic acids is 1. The molecular formula is C15H23N3O. The lowest BCUT2D eigenvalue weighted by Crippen LogP contribution is -2.31. The topological polar surface area (TPSA) is 54.0 Å². The Morgan fingerprint density at radius 1 is 1.63 bits per heavy atom. The zero-order chi connectivity index (χ0) is 13.5. The van der Waals surface area contributed by atoms with Crippen LogP contribution in [0.4, 0.5) is 0 Å². The first-order chi connectivity index (χ1) is 9.25. The highest BCUT2D eigenvalue weighted by atomic mass is 16.1. The van der Waals surface area contributed by atoms with Crippen LogP contribution in [0.25, 0.3) is 0 Å². The molecule has 0 saturated carbocycles. The molecule has 2 rings (SSSR count). The van der Waals surface area contributed by atoms with Gasteiger partial charge in [-0.1, -0.05) is 6.07 Å². The summed E-state index contributed by atoms with van der Waals surface area (Å²) in [7, 11) is 0. The van der Waals surface area contributed by atoms with Crippen LogP contribution in [0, 0.1) is 5.92 Å². The van der Waals surface area contributed by atoms with Crippen molar-refractivity contribution in [3.63, 3.8) is 0 Å². The zero-order valence-corrected chi connectivity index (χ0v) is 11.6. The summed E-state index contributed by atoms with van der Waals surface area (Å²) in [5, 5.41) is 6.42. The Hall–Kier alpha value is -1.42. The second kappa shape index (κ2) is 7.24. The maximum atomic E-state index is 11.9. The minimum Gasteiger partial charge on any atom is -0.350 e. The molecule has 1 aromatic rings. The normalized spacial score (nSPS) is 20.8. The van der Waals surface area contributed by atoms with Crippen LogP contribution in [0.15, 0.2) is 24.5 Å². The van der Waals surface area contributed by atoms with Crippen molar-refractivity contribution in [2.75, 3.05) is 13.1 Å². The molecule has 0 aliphatic carbocycles. The minimum absolute atomic E-state index is 0.0330. The lowest BCUT2D eigenvalue weighted by molar-refractivity contribution is -0.122. The Kier molecular flexibility index (Phi) is 5.33. The van der Waals surface area contributed by atoms with Crippen molar-refractivity contribution in [1.29, 1.82) is 0 Å². The second-order valence-corrected chi connectivity index (χ2v) is 5.33. The van der Waals surface area contributed by atoms with Crippen LogP contribution in [0.3, 0.4) is 0 Å². The van der Waals surface area contributed by atoms with Crippen molar-refractivity contribution in [2.45, 2.75) is 38.6 Å². The Morgan fingerprint density at radius 2 is 2.53 bits per heavy atom. The van der Waals surface area contributed by atoms with Crippen molar-refractivity contribution in [3.05, 3.63) is 30.1 Å². The van der Waals surface area contributed by atoms with Gasteiger partial charge in [-0.15, -0.1) is 0 Å². The Bertz CT molecular complexity index is 388. The maximum Gasteiger partial charge on any atom is 0.220 e. The van der Waals surface area contributed by atoms with Crippen LogP contribution in [-0.2, 0) is 4.79 Å². The van der Waals surface area contributed by atoms with E-state index in [0.717, 1.165) is 25.1 Å². The van der Waals surface area contributed by atoms with Gasteiger partial charge in [-0.05, 0) is 56.8 Å². The molecule has 1 amide bonds. The Balaban J connectivity index is 1.71. The third kappa shape index (κ3) is 4.63. The quantitative estimate of drug-likeness (QED) is 0.853. The van der Waals surface area contributed by atoms with Crippen molar-refractivity contribution >= 4 is 5.91 Å². The molecule has 0 bridgehead atoms. The van der Waals surface area contributed by atoms with Gasteiger partial charge in [-0.2, -0.15) is 0 Å². The van der Waals surface area contributed by atoms with Gasteiger partial charge in [0.1, 0.15) is 0 Å². The molecule has 2 atom stereocenters. The highest BCUT2D eigenvalue weighted by Gasteiger charge is 2.15. The lowest BCUT2D eigenvalue weighted by atomic mass is 9.94. The number of aromatic nitrogens is 1. The van der Waals surface area contributed by atoms with Crippen LogP contribution in [0.1, 0.15) is 44.2 Å². The summed E-state index contributed by atoms with van der Waals surface area (Å²) in [6, 6.07) is 3.92. The number of amides is 1. The van der Waals surface area contributed by atoms with Gasteiger partial charge in [0, 0.05) is 18.8 Å². The number of nitrogens with zero attached hydrogens (tertiary/aromatic N) is 1. The van der Waals surface area contributed by atoms with E-state index in [0.29, 0.717) is 12.3 Å². The largest absolute Gasteiger partial charge is 0.350 e. The molecule has 2 heterocycles. The van der Waals surface area contributed by atoms with Crippen LogP contribution in [0.5, 0.6) is 0 Å². The maximum absolute atomic E-state index is 11.9. The number of hydrogen-bond acceptors (Lipinski definition) is 3. The fraction of sp³-hybridized carbons (Fsp3) is 0.600. The van der Waals surface area contributed by atoms with E-state index in [1.165, 1.54) is 12.8 Å². The second-order valence-electron chi connectivity index (χ2n) is 5.33. The van der Waals surface area contributed by atoms with Crippen molar-refractivity contribution in [1.82, 2.24) is 15.6 Å². The summed E-state index contributed by atoms with van der Waals surface area (Å²) in [5.41, 5.74) is 1.05. The number of carbonyl (C=O) groups is 1. The standard InChI is InChI=1S/C15H23N3O/c1-12(14-5-3-9-17-11-14)18-15(19)7-6-13-4-2-8-16-10-13/h3,5,9,11-13,16H,2,4,6-8,10H2,1H3,(H,18,19)/t12-,13?/m1/s1. The van der Waals surface area contributed by atoms with Gasteiger partial charge in [-0.3, -0.25) is 9.78 Å². The van der Waals surface area contributed by atoms with Gasteiger partial charge in [0.25, 0.3) is 0 Å². The first kappa shape index (κ1) is 14.0. The molecule has 1 aliphatic rings. The van der Waals surface area contributed by atoms with Gasteiger partial charge < -0.3 is 10.6 Å². The monoisotopic (exact) mass is 261 g/mol. The fourth-order valence-corrected chi connectivity index (χ4v) is 2.53. The first-order valence-electron chi connectivity index (χ1n) is 7.15. The predicted octanol–water partition coefficient (Wildman–Crippen LogP) is 2.04. The SMILES string of the molecule is C[C@@H](NC(=O)CCC1CCCNC1)c1cccnc1. The molecule has 1 aliphatic heterocycles. The molecule has 0 aromatic carbocycles. The summed E-state index contributed by atoms with van der Waals surface area (Å²) in [5.74, 6) is 0.801. The summed E-state index contributed by atoms with van der Waals surface area (Å²) in [6.45, 7) is 4.18. The predicted molar refractivity (Wildman–Crippen MR) is 75.6 cm³/mol. The van der Waals surface area contributed by atoms with Crippen molar-refractivity contribution in [2.24, 2.45) is 5.92 Å². The summed E-state index contributed by atoms with van der Waals surface area (Å²) < 4.78 is 0.